The van der Waals surface area contributed by atoms with Gasteiger partial charge in [-0.15, -0.1) is 0 Å². The van der Waals surface area contributed by atoms with E-state index in [-0.39, 0.29) is 10.7 Å². The van der Waals surface area contributed by atoms with E-state index in [1.807, 2.05) is 0 Å². The third kappa shape index (κ3) is 3.93. The largest absolute Gasteiger partial charge is 0.497 e. The second-order valence-corrected chi connectivity index (χ2v) is 9.66. The molecule has 0 saturated carbocycles. The highest BCUT2D eigenvalue weighted by Crippen LogP contribution is 2.46. The number of para-hydroxylation sites is 1. The Labute approximate surface area is 220 Å². The minimum Gasteiger partial charge on any atom is -0.497 e. The van der Waals surface area contributed by atoms with Gasteiger partial charge in [-0.2, -0.15) is 0 Å². The van der Waals surface area contributed by atoms with Crippen LogP contribution in [-0.2, 0) is 9.59 Å². The van der Waals surface area contributed by atoms with Gasteiger partial charge in [-0.05, 0) is 48.5 Å². The number of methoxy groups -OCH3 is 2. The summed E-state index contributed by atoms with van der Waals surface area (Å²) in [5, 5.41) is 1.50. The second-order valence-electron chi connectivity index (χ2n) is 8.33. The molecule has 3 aromatic rings. The first-order valence-corrected chi connectivity index (χ1v) is 12.2. The number of amides is 3. The summed E-state index contributed by atoms with van der Waals surface area (Å²) in [5.41, 5.74) is 4.34. The number of hydrazine groups is 1. The van der Waals surface area contributed by atoms with Crippen LogP contribution in [0.3, 0.4) is 0 Å². The fourth-order valence-electron chi connectivity index (χ4n) is 4.75. The van der Waals surface area contributed by atoms with Gasteiger partial charge in [0.2, 0.25) is 5.91 Å². The number of carbonyl (C=O) groups is 3. The van der Waals surface area contributed by atoms with Crippen molar-refractivity contribution in [2.75, 3.05) is 19.1 Å². The number of benzene rings is 3. The van der Waals surface area contributed by atoms with Gasteiger partial charge in [-0.25, -0.2) is 10.3 Å². The van der Waals surface area contributed by atoms with Crippen molar-refractivity contribution in [2.45, 2.75) is 12.1 Å². The van der Waals surface area contributed by atoms with Gasteiger partial charge in [0.15, 0.2) is 0 Å². The highest BCUT2D eigenvalue weighted by molar-refractivity contribution is 9.10. The fraction of sp³-hybridized carbons (Fsp3) is 0.192. The number of hydrogen-bond donors (Lipinski definition) is 1. The number of nitrogens with zero attached hydrogens (tertiary/aromatic N) is 2. The molecule has 3 amide bonds. The van der Waals surface area contributed by atoms with Crippen LogP contribution in [0.1, 0.15) is 22.0 Å². The van der Waals surface area contributed by atoms with Crippen molar-refractivity contribution in [3.05, 3.63) is 87.4 Å². The molecule has 1 N–H and O–H groups in total. The summed E-state index contributed by atoms with van der Waals surface area (Å²) in [4.78, 5) is 42.3. The maximum atomic E-state index is 13.8. The van der Waals surface area contributed by atoms with Crippen LogP contribution in [0.4, 0.5) is 5.69 Å². The van der Waals surface area contributed by atoms with Gasteiger partial charge in [-0.3, -0.25) is 19.4 Å². The third-order valence-corrected chi connectivity index (χ3v) is 7.20. The van der Waals surface area contributed by atoms with Crippen LogP contribution >= 0.6 is 27.5 Å². The Morgan fingerprint density at radius 1 is 0.972 bits per heavy atom. The maximum absolute atomic E-state index is 13.8. The highest BCUT2D eigenvalue weighted by atomic mass is 79.9. The Morgan fingerprint density at radius 2 is 1.75 bits per heavy atom. The third-order valence-electron chi connectivity index (χ3n) is 6.39. The van der Waals surface area contributed by atoms with Crippen LogP contribution in [0.2, 0.25) is 5.02 Å². The molecule has 10 heteroatoms. The molecule has 0 radical (unpaired) electrons. The Bertz CT molecular complexity index is 1380. The van der Waals surface area contributed by atoms with E-state index >= 15 is 0 Å². The summed E-state index contributed by atoms with van der Waals surface area (Å²) >= 11 is 9.74. The molecule has 8 nitrogen and oxygen atoms in total. The number of halogens is 2. The number of anilines is 1. The lowest BCUT2D eigenvalue weighted by Gasteiger charge is -2.26. The molecular weight excluding hydrogens is 550 g/mol. The van der Waals surface area contributed by atoms with E-state index < -0.39 is 35.7 Å². The zero-order valence-corrected chi connectivity index (χ0v) is 21.6. The van der Waals surface area contributed by atoms with Gasteiger partial charge >= 0.3 is 0 Å². The molecule has 3 aromatic carbocycles. The van der Waals surface area contributed by atoms with E-state index in [2.05, 4.69) is 21.4 Å². The normalized spacial score (nSPS) is 21.1. The summed E-state index contributed by atoms with van der Waals surface area (Å²) in [6, 6.07) is 16.8. The van der Waals surface area contributed by atoms with Crippen LogP contribution in [0, 0.1) is 5.92 Å². The van der Waals surface area contributed by atoms with E-state index in [9.17, 15) is 14.4 Å². The molecule has 36 heavy (non-hydrogen) atoms. The molecule has 184 valence electrons. The van der Waals surface area contributed by atoms with Gasteiger partial charge in [0.25, 0.3) is 11.8 Å². The van der Waals surface area contributed by atoms with Gasteiger partial charge in [0, 0.05) is 15.6 Å². The average molecular weight is 571 g/mol. The first kappa shape index (κ1) is 24.3. The number of fused-ring (bicyclic) bond motifs is 1. The number of imide groups is 1. The van der Waals surface area contributed by atoms with Crippen molar-refractivity contribution in [1.29, 1.82) is 0 Å². The lowest BCUT2D eigenvalue weighted by molar-refractivity contribution is -0.123. The van der Waals surface area contributed by atoms with Gasteiger partial charge < -0.3 is 9.47 Å². The summed E-state index contributed by atoms with van der Waals surface area (Å²) in [5.74, 6) is -1.35. The van der Waals surface area contributed by atoms with Crippen LogP contribution in [0.25, 0.3) is 0 Å². The van der Waals surface area contributed by atoms with Crippen LogP contribution in [0.15, 0.2) is 71.2 Å². The number of ether oxygens (including phenoxy) is 2. The van der Waals surface area contributed by atoms with Crippen LogP contribution in [-0.4, -0.2) is 43.0 Å². The molecule has 0 bridgehead atoms. The molecule has 2 aliphatic rings. The average Bonchev–Trinajstić information content (AvgIpc) is 3.40. The minimum absolute atomic E-state index is 0.257. The predicted octanol–water partition coefficient (Wildman–Crippen LogP) is 4.38. The molecule has 2 saturated heterocycles. The lowest BCUT2D eigenvalue weighted by Crippen LogP contribution is -2.48. The summed E-state index contributed by atoms with van der Waals surface area (Å²) < 4.78 is 11.7. The molecule has 5 rings (SSSR count). The summed E-state index contributed by atoms with van der Waals surface area (Å²) in [6.45, 7) is 0. The molecule has 2 aliphatic heterocycles. The molecule has 2 fully saturated rings. The maximum Gasteiger partial charge on any atom is 0.268 e. The standard InChI is InChI=1S/C26H21BrClN3O5/c1-35-16-10-11-20(36-2)17(13-16)22-21-23(31(29-22)24(32)14-6-5-7-15(27)12-14)26(34)30(25(21)33)19-9-4-3-8-18(19)28/h3-13,21-23,29H,1-2H3/t21-,22-,23-/m0/s1. The molecule has 0 unspecified atom stereocenters. The zero-order valence-electron chi connectivity index (χ0n) is 19.3. The number of carbonyl (C=O) groups excluding carboxylic acids is 3. The molecule has 0 spiro atoms. The Morgan fingerprint density at radius 3 is 2.44 bits per heavy atom. The van der Waals surface area contributed by atoms with E-state index in [1.165, 1.54) is 19.2 Å². The number of rotatable bonds is 5. The lowest BCUT2D eigenvalue weighted by atomic mass is 9.90. The van der Waals surface area contributed by atoms with Crippen LogP contribution in [0.5, 0.6) is 11.5 Å². The van der Waals surface area contributed by atoms with E-state index in [1.54, 1.807) is 66.7 Å². The first-order valence-electron chi connectivity index (χ1n) is 11.0. The van der Waals surface area contributed by atoms with Gasteiger partial charge in [0.1, 0.15) is 17.5 Å². The molecule has 0 aliphatic carbocycles. The second kappa shape index (κ2) is 9.57. The van der Waals surface area contributed by atoms with Gasteiger partial charge in [0.05, 0.1) is 36.9 Å². The molecule has 0 aromatic heterocycles. The summed E-state index contributed by atoms with van der Waals surface area (Å²) in [7, 11) is 3.04. The Hall–Kier alpha value is -3.40. The number of hydrogen-bond acceptors (Lipinski definition) is 6. The molecule has 2 heterocycles. The van der Waals surface area contributed by atoms with E-state index in [4.69, 9.17) is 21.1 Å². The summed E-state index contributed by atoms with van der Waals surface area (Å²) in [6.07, 6.45) is 0. The monoisotopic (exact) mass is 569 g/mol. The first-order chi connectivity index (χ1) is 17.3. The topological polar surface area (TPSA) is 88.2 Å². The van der Waals surface area contributed by atoms with Crippen molar-refractivity contribution in [3.63, 3.8) is 0 Å². The van der Waals surface area contributed by atoms with Crippen molar-refractivity contribution in [2.24, 2.45) is 5.92 Å². The van der Waals surface area contributed by atoms with E-state index in [0.717, 1.165) is 4.90 Å². The van der Waals surface area contributed by atoms with Crippen molar-refractivity contribution in [1.82, 2.24) is 10.4 Å². The minimum atomic E-state index is -1.10. The Kier molecular flexibility index (Phi) is 6.46. The van der Waals surface area contributed by atoms with Crippen LogP contribution < -0.4 is 19.8 Å². The van der Waals surface area contributed by atoms with Crippen molar-refractivity contribution >= 4 is 50.9 Å². The molecule has 3 atom stereocenters. The number of nitrogens with one attached hydrogen (secondary N) is 1. The smallest absolute Gasteiger partial charge is 0.268 e. The van der Waals surface area contributed by atoms with Crippen molar-refractivity contribution in [3.8, 4) is 11.5 Å². The highest BCUT2D eigenvalue weighted by Gasteiger charge is 2.61. The van der Waals surface area contributed by atoms with Gasteiger partial charge in [-0.1, -0.05) is 45.7 Å². The Balaban J connectivity index is 1.64. The van der Waals surface area contributed by atoms with E-state index in [0.29, 0.717) is 27.1 Å². The molecular formula is C26H21BrClN3O5. The SMILES string of the molecule is COc1ccc(OC)c([C@@H]2NN(C(=O)c3cccc(Br)c3)[C@@H]3C(=O)N(c4ccccc4Cl)C(=O)[C@H]32)c1. The quantitative estimate of drug-likeness (QED) is 0.458. The van der Waals surface area contributed by atoms with Crippen molar-refractivity contribution < 1.29 is 23.9 Å². The predicted molar refractivity (Wildman–Crippen MR) is 137 cm³/mol. The zero-order chi connectivity index (χ0) is 25.6. The fourth-order valence-corrected chi connectivity index (χ4v) is 5.37.